The van der Waals surface area contributed by atoms with Crippen LogP contribution in [0.3, 0.4) is 0 Å². The highest BCUT2D eigenvalue weighted by Gasteiger charge is 2.10. The zero-order valence-electron chi connectivity index (χ0n) is 7.92. The maximum atomic E-state index is 5.94. The van der Waals surface area contributed by atoms with Gasteiger partial charge in [-0.05, 0) is 18.1 Å². The first-order valence-corrected chi connectivity index (χ1v) is 4.38. The second kappa shape index (κ2) is 3.63. The molecule has 0 amide bonds. The molecule has 2 heterocycles. The lowest BCUT2D eigenvalue weighted by molar-refractivity contribution is 0.559. The van der Waals surface area contributed by atoms with Crippen LogP contribution in [0.15, 0.2) is 29.2 Å². The van der Waals surface area contributed by atoms with Gasteiger partial charge in [-0.2, -0.15) is 15.0 Å². The first-order valence-electron chi connectivity index (χ1n) is 4.38. The van der Waals surface area contributed by atoms with Crippen LogP contribution in [0, 0.1) is 0 Å². The van der Waals surface area contributed by atoms with Crippen molar-refractivity contribution < 1.29 is 4.42 Å². The predicted octanol–water partition coefficient (Wildman–Crippen LogP) is 0.651. The van der Waals surface area contributed by atoms with Gasteiger partial charge in [-0.15, -0.1) is 0 Å². The third kappa shape index (κ3) is 1.82. The summed E-state index contributed by atoms with van der Waals surface area (Å²) < 4.78 is 4.96. The maximum absolute atomic E-state index is 5.94. The molecule has 2 N–H and O–H groups in total. The first kappa shape index (κ1) is 8.96. The molecule has 2 aromatic heterocycles. The molecule has 0 aliphatic heterocycles. The largest absolute Gasteiger partial charge is 0.472 e. The molecule has 1 unspecified atom stereocenters. The van der Waals surface area contributed by atoms with Gasteiger partial charge in [-0.3, -0.25) is 0 Å². The zero-order valence-corrected chi connectivity index (χ0v) is 7.92. The van der Waals surface area contributed by atoms with Crippen molar-refractivity contribution in [3.8, 4) is 0 Å². The maximum Gasteiger partial charge on any atom is 0.0997 e. The lowest BCUT2D eigenvalue weighted by Crippen LogP contribution is -2.14. The number of rotatable bonds is 3. The van der Waals surface area contributed by atoms with Crippen LogP contribution in [0.1, 0.15) is 17.3 Å². The third-order valence-electron chi connectivity index (χ3n) is 2.03. The zero-order chi connectivity index (χ0) is 9.97. The average Bonchev–Trinajstić information content (AvgIpc) is 2.75. The molecule has 0 aliphatic carbocycles. The third-order valence-corrected chi connectivity index (χ3v) is 2.03. The van der Waals surface area contributed by atoms with Crippen LogP contribution in [-0.4, -0.2) is 15.0 Å². The summed E-state index contributed by atoms with van der Waals surface area (Å²) in [6.45, 7) is 0. The Morgan fingerprint density at radius 1 is 1.64 bits per heavy atom. The fourth-order valence-corrected chi connectivity index (χ4v) is 1.30. The fraction of sp³-hybridized carbons (Fsp3) is 0.333. The number of aromatic nitrogens is 3. The molecule has 0 radical (unpaired) electrons. The van der Waals surface area contributed by atoms with E-state index in [1.807, 2.05) is 6.07 Å². The molecule has 2 rings (SSSR count). The van der Waals surface area contributed by atoms with Crippen LogP contribution >= 0.6 is 0 Å². The van der Waals surface area contributed by atoms with Gasteiger partial charge in [0.25, 0.3) is 0 Å². The Morgan fingerprint density at radius 3 is 3.07 bits per heavy atom. The Hall–Kier alpha value is -1.62. The van der Waals surface area contributed by atoms with E-state index in [2.05, 4.69) is 10.2 Å². The number of nitrogens with two attached hydrogens (primary N) is 1. The van der Waals surface area contributed by atoms with E-state index in [4.69, 9.17) is 10.2 Å². The SMILES string of the molecule is Cn1ncc(C(N)Cc2ccoc2)n1. The summed E-state index contributed by atoms with van der Waals surface area (Å²) in [5.74, 6) is 0. The number of furan rings is 1. The van der Waals surface area contributed by atoms with Gasteiger partial charge in [0.15, 0.2) is 0 Å². The lowest BCUT2D eigenvalue weighted by atomic mass is 10.1. The van der Waals surface area contributed by atoms with E-state index in [0.717, 1.165) is 17.7 Å². The molecular weight excluding hydrogens is 180 g/mol. The van der Waals surface area contributed by atoms with Crippen molar-refractivity contribution in [3.63, 3.8) is 0 Å². The lowest BCUT2D eigenvalue weighted by Gasteiger charge is -2.04. The summed E-state index contributed by atoms with van der Waals surface area (Å²) in [4.78, 5) is 1.50. The number of hydrogen-bond donors (Lipinski definition) is 1. The topological polar surface area (TPSA) is 69.9 Å². The van der Waals surface area contributed by atoms with E-state index in [0.29, 0.717) is 0 Å². The normalized spacial score (nSPS) is 13.0. The molecule has 0 aromatic carbocycles. The van der Waals surface area contributed by atoms with Crippen molar-refractivity contribution >= 4 is 0 Å². The van der Waals surface area contributed by atoms with Gasteiger partial charge in [0.2, 0.25) is 0 Å². The molecule has 74 valence electrons. The predicted molar refractivity (Wildman–Crippen MR) is 50.3 cm³/mol. The molecular formula is C9H12N4O. The van der Waals surface area contributed by atoms with Gasteiger partial charge in [-0.25, -0.2) is 0 Å². The molecule has 5 heteroatoms. The van der Waals surface area contributed by atoms with E-state index in [-0.39, 0.29) is 6.04 Å². The summed E-state index contributed by atoms with van der Waals surface area (Å²) in [7, 11) is 1.77. The van der Waals surface area contributed by atoms with Gasteiger partial charge in [0.05, 0.1) is 30.5 Å². The van der Waals surface area contributed by atoms with Crippen LogP contribution < -0.4 is 5.73 Å². The monoisotopic (exact) mass is 192 g/mol. The Labute approximate surface area is 81.5 Å². The molecule has 0 fully saturated rings. The van der Waals surface area contributed by atoms with Crippen molar-refractivity contribution in [2.45, 2.75) is 12.5 Å². The van der Waals surface area contributed by atoms with Gasteiger partial charge in [0, 0.05) is 7.05 Å². The van der Waals surface area contributed by atoms with Crippen LogP contribution in [0.4, 0.5) is 0 Å². The molecule has 0 saturated carbocycles. The average molecular weight is 192 g/mol. The number of hydrogen-bond acceptors (Lipinski definition) is 4. The van der Waals surface area contributed by atoms with Crippen LogP contribution in [0.25, 0.3) is 0 Å². The fourth-order valence-electron chi connectivity index (χ4n) is 1.30. The van der Waals surface area contributed by atoms with Crippen molar-refractivity contribution in [2.24, 2.45) is 12.8 Å². The molecule has 0 aliphatic rings. The highest BCUT2D eigenvalue weighted by Crippen LogP contribution is 2.13. The summed E-state index contributed by atoms with van der Waals surface area (Å²) in [6, 6.07) is 1.78. The smallest absolute Gasteiger partial charge is 0.0997 e. The Kier molecular flexibility index (Phi) is 2.32. The van der Waals surface area contributed by atoms with Gasteiger partial charge < -0.3 is 10.2 Å². The highest BCUT2D eigenvalue weighted by atomic mass is 16.3. The Bertz CT molecular complexity index is 393. The van der Waals surface area contributed by atoms with Gasteiger partial charge in [-0.1, -0.05) is 0 Å². The Morgan fingerprint density at radius 2 is 2.50 bits per heavy atom. The molecule has 0 bridgehead atoms. The highest BCUT2D eigenvalue weighted by molar-refractivity contribution is 5.11. The molecule has 1 atom stereocenters. The van der Waals surface area contributed by atoms with Crippen molar-refractivity contribution in [3.05, 3.63) is 36.0 Å². The minimum absolute atomic E-state index is 0.124. The van der Waals surface area contributed by atoms with Crippen LogP contribution in [0.5, 0.6) is 0 Å². The van der Waals surface area contributed by atoms with Crippen LogP contribution in [0.2, 0.25) is 0 Å². The van der Waals surface area contributed by atoms with Gasteiger partial charge in [0.1, 0.15) is 0 Å². The molecule has 0 saturated heterocycles. The van der Waals surface area contributed by atoms with E-state index < -0.39 is 0 Å². The molecule has 5 nitrogen and oxygen atoms in total. The quantitative estimate of drug-likeness (QED) is 0.775. The number of nitrogens with zero attached hydrogens (tertiary/aromatic N) is 3. The summed E-state index contributed by atoms with van der Waals surface area (Å²) >= 11 is 0. The molecule has 14 heavy (non-hydrogen) atoms. The summed E-state index contributed by atoms with van der Waals surface area (Å²) in [5, 5.41) is 8.11. The van der Waals surface area contributed by atoms with E-state index >= 15 is 0 Å². The Balaban J connectivity index is 2.06. The van der Waals surface area contributed by atoms with Gasteiger partial charge >= 0.3 is 0 Å². The van der Waals surface area contributed by atoms with Crippen LogP contribution in [-0.2, 0) is 13.5 Å². The minimum Gasteiger partial charge on any atom is -0.472 e. The summed E-state index contributed by atoms with van der Waals surface area (Å²) in [5.41, 5.74) is 7.81. The van der Waals surface area contributed by atoms with E-state index in [1.54, 1.807) is 25.8 Å². The second-order valence-corrected chi connectivity index (χ2v) is 3.20. The van der Waals surface area contributed by atoms with Crippen molar-refractivity contribution in [1.29, 1.82) is 0 Å². The van der Waals surface area contributed by atoms with Crippen molar-refractivity contribution in [1.82, 2.24) is 15.0 Å². The minimum atomic E-state index is -0.124. The number of aryl methyl sites for hydroxylation is 1. The summed E-state index contributed by atoms with van der Waals surface area (Å²) in [6.07, 6.45) is 5.73. The van der Waals surface area contributed by atoms with E-state index in [9.17, 15) is 0 Å². The first-order chi connectivity index (χ1) is 6.75. The van der Waals surface area contributed by atoms with Crippen molar-refractivity contribution in [2.75, 3.05) is 0 Å². The molecule has 2 aromatic rings. The molecule has 0 spiro atoms. The van der Waals surface area contributed by atoms with E-state index in [1.165, 1.54) is 4.80 Å². The standard InChI is InChI=1S/C9H12N4O/c1-13-11-5-9(12-13)8(10)4-7-2-3-14-6-7/h2-3,5-6,8H,4,10H2,1H3. The second-order valence-electron chi connectivity index (χ2n) is 3.20.